The van der Waals surface area contributed by atoms with Gasteiger partial charge in [0.25, 0.3) is 0 Å². The lowest BCUT2D eigenvalue weighted by Gasteiger charge is -2.18. The molecule has 2 atom stereocenters. The Bertz CT molecular complexity index is 452. The molecule has 2 aliphatic rings. The van der Waals surface area contributed by atoms with E-state index in [9.17, 15) is 0 Å². The molecular weight excluding hydrogens is 332 g/mol. The number of ether oxygens (including phenoxy) is 1. The Hall–Kier alpha value is -0.120. The highest BCUT2D eigenvalue weighted by Gasteiger charge is 2.50. The molecule has 1 aromatic rings. The van der Waals surface area contributed by atoms with E-state index in [-0.39, 0.29) is 18.6 Å². The van der Waals surface area contributed by atoms with Gasteiger partial charge in [-0.15, -0.1) is 0 Å². The second-order valence-corrected chi connectivity index (χ2v) is 6.17. The molecule has 0 saturated heterocycles. The zero-order valence-electron chi connectivity index (χ0n) is 8.47. The Kier molecular flexibility index (Phi) is 2.65. The van der Waals surface area contributed by atoms with Crippen molar-refractivity contribution in [3.63, 3.8) is 0 Å². The highest BCUT2D eigenvalue weighted by Crippen LogP contribution is 2.54. The van der Waals surface area contributed by atoms with Gasteiger partial charge in [-0.2, -0.15) is 0 Å². The minimum atomic E-state index is -0.243. The Balaban J connectivity index is 0.000000963. The van der Waals surface area contributed by atoms with Crippen LogP contribution >= 0.6 is 31.9 Å². The first kappa shape index (κ1) is 12.3. The Morgan fingerprint density at radius 3 is 1.69 bits per heavy atom. The molecule has 0 amide bonds. The van der Waals surface area contributed by atoms with Crippen LogP contribution in [-0.2, 0) is 15.9 Å². The van der Waals surface area contributed by atoms with E-state index in [1.165, 1.54) is 11.1 Å². The molecule has 2 aliphatic heterocycles. The van der Waals surface area contributed by atoms with Crippen LogP contribution in [0.5, 0.6) is 0 Å². The first-order chi connectivity index (χ1) is 6.95. The number of fused-ring (bicyclic) bond motifs is 5. The van der Waals surface area contributed by atoms with Gasteiger partial charge in [-0.3, -0.25) is 0 Å². The van der Waals surface area contributed by atoms with Crippen molar-refractivity contribution in [1.29, 1.82) is 0 Å². The van der Waals surface area contributed by atoms with E-state index < -0.39 is 0 Å². The van der Waals surface area contributed by atoms with Crippen molar-refractivity contribution in [2.75, 3.05) is 0 Å². The first-order valence-corrected chi connectivity index (χ1v) is 6.44. The molecule has 0 N–H and O–H groups in total. The van der Waals surface area contributed by atoms with Gasteiger partial charge >= 0.3 is 0 Å². The van der Waals surface area contributed by atoms with Crippen molar-refractivity contribution < 1.29 is 4.74 Å². The van der Waals surface area contributed by atoms with Gasteiger partial charge in [0.2, 0.25) is 0 Å². The van der Waals surface area contributed by atoms with Gasteiger partial charge in [-0.25, -0.2) is 0 Å². The van der Waals surface area contributed by atoms with E-state index in [0.29, 0.717) is 0 Å². The Labute approximate surface area is 113 Å². The van der Waals surface area contributed by atoms with E-state index in [1.54, 1.807) is 0 Å². The van der Waals surface area contributed by atoms with E-state index in [4.69, 9.17) is 4.74 Å². The average molecular weight is 346 g/mol. The molecule has 3 rings (SSSR count). The standard InChI is InChI=1S/C12H10Br2O.CH4/c1-11-3-4-12(2,15-11)8-6-10(14)9(13)5-7(8)11;/h3-6H,1-2H3;1H4. The lowest BCUT2D eigenvalue weighted by Crippen LogP contribution is -2.17. The van der Waals surface area contributed by atoms with Crippen molar-refractivity contribution in [1.82, 2.24) is 0 Å². The van der Waals surface area contributed by atoms with Crippen LogP contribution in [-0.4, -0.2) is 0 Å². The predicted octanol–water partition coefficient (Wildman–Crippen LogP) is 4.88. The minimum Gasteiger partial charge on any atom is -0.351 e. The molecule has 3 heteroatoms. The van der Waals surface area contributed by atoms with Crippen molar-refractivity contribution in [3.05, 3.63) is 44.4 Å². The summed E-state index contributed by atoms with van der Waals surface area (Å²) in [5.41, 5.74) is 2.05. The largest absolute Gasteiger partial charge is 0.351 e. The molecule has 1 aromatic carbocycles. The lowest BCUT2D eigenvalue weighted by molar-refractivity contribution is -0.0495. The van der Waals surface area contributed by atoms with E-state index in [1.807, 2.05) is 0 Å². The first-order valence-electron chi connectivity index (χ1n) is 4.85. The molecule has 1 nitrogen and oxygen atoms in total. The summed E-state index contributed by atoms with van der Waals surface area (Å²) in [5, 5.41) is 0. The molecule has 0 radical (unpaired) electrons. The van der Waals surface area contributed by atoms with Crippen LogP contribution in [0.3, 0.4) is 0 Å². The monoisotopic (exact) mass is 344 g/mol. The molecule has 86 valence electrons. The normalized spacial score (nSPS) is 33.8. The smallest absolute Gasteiger partial charge is 0.111 e. The number of rotatable bonds is 0. The minimum absolute atomic E-state index is 0. The van der Waals surface area contributed by atoms with Crippen LogP contribution < -0.4 is 0 Å². The van der Waals surface area contributed by atoms with Crippen molar-refractivity contribution in [2.45, 2.75) is 32.5 Å². The van der Waals surface area contributed by atoms with Crippen molar-refractivity contribution in [2.24, 2.45) is 0 Å². The SMILES string of the molecule is C.CC12C=CC(C)(O1)c1cc(Br)c(Br)cc12. The third-order valence-electron chi connectivity index (χ3n) is 3.27. The third-order valence-corrected chi connectivity index (χ3v) is 5.12. The maximum atomic E-state index is 6.07. The fourth-order valence-electron chi connectivity index (χ4n) is 2.48. The highest BCUT2D eigenvalue weighted by molar-refractivity contribution is 9.13. The summed E-state index contributed by atoms with van der Waals surface area (Å²) in [4.78, 5) is 0. The maximum absolute atomic E-state index is 6.07. The molecule has 0 aliphatic carbocycles. The summed E-state index contributed by atoms with van der Waals surface area (Å²) >= 11 is 7.07. The quantitative estimate of drug-likeness (QED) is 0.609. The maximum Gasteiger partial charge on any atom is 0.111 e. The zero-order valence-corrected chi connectivity index (χ0v) is 11.6. The number of hydrogen-bond donors (Lipinski definition) is 0. The van der Waals surface area contributed by atoms with Crippen LogP contribution in [0.25, 0.3) is 0 Å². The van der Waals surface area contributed by atoms with Crippen LogP contribution in [0.15, 0.2) is 33.2 Å². The van der Waals surface area contributed by atoms with Gasteiger partial charge in [-0.1, -0.05) is 7.43 Å². The predicted molar refractivity (Wildman–Crippen MR) is 73.5 cm³/mol. The second kappa shape index (κ2) is 3.44. The Morgan fingerprint density at radius 1 is 0.938 bits per heavy atom. The van der Waals surface area contributed by atoms with E-state index in [0.717, 1.165) is 8.95 Å². The van der Waals surface area contributed by atoms with Crippen LogP contribution in [0, 0.1) is 0 Å². The summed E-state index contributed by atoms with van der Waals surface area (Å²) in [6.07, 6.45) is 4.30. The number of benzene rings is 1. The molecule has 0 saturated carbocycles. The van der Waals surface area contributed by atoms with Gasteiger partial charge in [0.15, 0.2) is 0 Å². The average Bonchev–Trinajstić information content (AvgIpc) is 2.57. The summed E-state index contributed by atoms with van der Waals surface area (Å²) in [7, 11) is 0. The molecule has 2 bridgehead atoms. The summed E-state index contributed by atoms with van der Waals surface area (Å²) < 4.78 is 8.23. The molecule has 16 heavy (non-hydrogen) atoms. The third kappa shape index (κ3) is 1.38. The second-order valence-electron chi connectivity index (χ2n) is 4.46. The van der Waals surface area contributed by atoms with Crippen molar-refractivity contribution >= 4 is 31.9 Å². The summed E-state index contributed by atoms with van der Waals surface area (Å²) in [6, 6.07) is 4.29. The van der Waals surface area contributed by atoms with E-state index in [2.05, 4.69) is 70.0 Å². The fourth-order valence-corrected chi connectivity index (χ4v) is 3.17. The molecule has 2 heterocycles. The van der Waals surface area contributed by atoms with Crippen LogP contribution in [0.2, 0.25) is 0 Å². The van der Waals surface area contributed by atoms with Gasteiger partial charge in [0.1, 0.15) is 11.2 Å². The topological polar surface area (TPSA) is 9.23 Å². The molecule has 0 aromatic heterocycles. The highest BCUT2D eigenvalue weighted by atomic mass is 79.9. The number of hydrogen-bond acceptors (Lipinski definition) is 1. The Morgan fingerprint density at radius 2 is 1.31 bits per heavy atom. The molecular formula is C13H14Br2O. The fraction of sp³-hybridized carbons (Fsp3) is 0.385. The van der Waals surface area contributed by atoms with Gasteiger partial charge < -0.3 is 4.74 Å². The van der Waals surface area contributed by atoms with Gasteiger partial charge in [0, 0.05) is 8.95 Å². The summed E-state index contributed by atoms with van der Waals surface area (Å²) in [5.74, 6) is 0. The molecule has 0 fully saturated rings. The lowest BCUT2D eigenvalue weighted by atomic mass is 9.84. The molecule has 2 unspecified atom stereocenters. The molecule has 0 spiro atoms. The van der Waals surface area contributed by atoms with Gasteiger partial charge in [-0.05, 0) is 81.1 Å². The van der Waals surface area contributed by atoms with Crippen LogP contribution in [0.4, 0.5) is 0 Å². The number of halogens is 2. The van der Waals surface area contributed by atoms with Crippen LogP contribution in [0.1, 0.15) is 32.4 Å². The van der Waals surface area contributed by atoms with E-state index >= 15 is 0 Å². The summed E-state index contributed by atoms with van der Waals surface area (Å²) in [6.45, 7) is 4.22. The zero-order chi connectivity index (χ0) is 10.8. The van der Waals surface area contributed by atoms with Gasteiger partial charge in [0.05, 0.1) is 0 Å². The van der Waals surface area contributed by atoms with Crippen molar-refractivity contribution in [3.8, 4) is 0 Å².